The predicted molar refractivity (Wildman–Crippen MR) is 172 cm³/mol. The number of pyridine rings is 1. The molecule has 5 aromatic rings. The van der Waals surface area contributed by atoms with Crippen molar-refractivity contribution in [2.75, 3.05) is 5.73 Å². The number of fused-ring (bicyclic) bond motifs is 4. The molecule has 0 radical (unpaired) electrons. The van der Waals surface area contributed by atoms with Crippen molar-refractivity contribution >= 4 is 22.7 Å². The van der Waals surface area contributed by atoms with Crippen molar-refractivity contribution in [3.63, 3.8) is 0 Å². The highest BCUT2D eigenvalue weighted by molar-refractivity contribution is 5.98. The fraction of sp³-hybridized carbons (Fsp3) is 0.333. The number of amides is 1. The van der Waals surface area contributed by atoms with Crippen molar-refractivity contribution in [3.05, 3.63) is 94.1 Å². The molecule has 52 heavy (non-hydrogen) atoms. The number of hydrogen-bond donors (Lipinski definition) is 3. The molecular weight excluding hydrogens is 697 g/mol. The Morgan fingerprint density at radius 3 is 2.50 bits per heavy atom. The highest BCUT2D eigenvalue weighted by atomic mass is 19.4. The maximum Gasteiger partial charge on any atom is 0.435 e. The van der Waals surface area contributed by atoms with Crippen LogP contribution in [0.25, 0.3) is 22.1 Å². The first-order valence-corrected chi connectivity index (χ1v) is 16.1. The Balaban J connectivity index is 1.35. The van der Waals surface area contributed by atoms with E-state index in [2.05, 4.69) is 32.4 Å². The lowest BCUT2D eigenvalue weighted by atomic mass is 9.73. The average Bonchev–Trinajstić information content (AvgIpc) is 3.63. The molecule has 7 rings (SSSR count). The van der Waals surface area contributed by atoms with Crippen molar-refractivity contribution < 1.29 is 45.2 Å². The van der Waals surface area contributed by atoms with E-state index in [0.29, 0.717) is 27.3 Å². The van der Waals surface area contributed by atoms with E-state index < -0.39 is 76.6 Å². The molecule has 4 N–H and O–H groups in total. The predicted octanol–water partition coefficient (Wildman–Crippen LogP) is 6.79. The molecule has 0 spiro atoms. The molecule has 1 saturated carbocycles. The summed E-state index contributed by atoms with van der Waals surface area (Å²) in [6.07, 6.45) is -5.23. The van der Waals surface area contributed by atoms with Gasteiger partial charge in [0.15, 0.2) is 17.1 Å². The summed E-state index contributed by atoms with van der Waals surface area (Å²) in [4.78, 5) is 18.4. The summed E-state index contributed by atoms with van der Waals surface area (Å²) in [5.41, 5.74) is 2.64. The number of carbonyl (C=O) groups is 1. The number of rotatable bonds is 7. The molecule has 1 amide bonds. The van der Waals surface area contributed by atoms with Gasteiger partial charge >= 0.3 is 6.18 Å². The smallest absolute Gasteiger partial charge is 0.380 e. The Kier molecular flexibility index (Phi) is 8.32. The molecule has 3 heterocycles. The summed E-state index contributed by atoms with van der Waals surface area (Å²) in [7, 11) is 0. The Bertz CT molecular complexity index is 2280. The van der Waals surface area contributed by atoms with E-state index in [9.17, 15) is 31.9 Å². The molecule has 9 nitrogen and oxygen atoms in total. The molecule has 270 valence electrons. The first-order chi connectivity index (χ1) is 24.4. The molecule has 2 aliphatic carbocycles. The van der Waals surface area contributed by atoms with E-state index in [4.69, 9.17) is 10.3 Å². The van der Waals surface area contributed by atoms with Crippen LogP contribution >= 0.6 is 0 Å². The van der Waals surface area contributed by atoms with E-state index >= 15 is 8.78 Å². The zero-order valence-electron chi connectivity index (χ0n) is 27.5. The quantitative estimate of drug-likeness (QED) is 0.124. The minimum absolute atomic E-state index is 0.0207. The van der Waals surface area contributed by atoms with Crippen LogP contribution in [0.1, 0.15) is 72.6 Å². The maximum absolute atomic E-state index is 15.5. The van der Waals surface area contributed by atoms with E-state index in [1.807, 2.05) is 0 Å². The lowest BCUT2D eigenvalue weighted by molar-refractivity contribution is -0.144. The van der Waals surface area contributed by atoms with Crippen molar-refractivity contribution in [2.24, 2.45) is 5.92 Å². The molecule has 0 saturated heterocycles. The van der Waals surface area contributed by atoms with Crippen molar-refractivity contribution in [2.45, 2.75) is 69.3 Å². The van der Waals surface area contributed by atoms with Crippen LogP contribution in [0.15, 0.2) is 53.1 Å². The van der Waals surface area contributed by atoms with E-state index in [-0.39, 0.29) is 47.6 Å². The molecule has 0 unspecified atom stereocenters. The van der Waals surface area contributed by atoms with Gasteiger partial charge in [0, 0.05) is 28.7 Å². The SMILES string of the molecule is CC(C)(O)C#Cc1ccc(-c2cccc3c(N)noc23)c([C@H](Cc2cc(F)cc(F)c2)NC(=O)Cn2nc(C(F)(F)F)c3c2C(F)(F)[C@@H]2CC[C@H]32)n1. The Morgan fingerprint density at radius 2 is 1.85 bits per heavy atom. The lowest BCUT2D eigenvalue weighted by Gasteiger charge is -2.34. The number of nitrogens with two attached hydrogens (primary N) is 1. The van der Waals surface area contributed by atoms with Crippen molar-refractivity contribution in [1.82, 2.24) is 25.2 Å². The number of halogens is 7. The van der Waals surface area contributed by atoms with Crippen LogP contribution in [-0.4, -0.2) is 36.5 Å². The Hall–Kier alpha value is -5.43. The van der Waals surface area contributed by atoms with Gasteiger partial charge in [-0.25, -0.2) is 13.8 Å². The summed E-state index contributed by atoms with van der Waals surface area (Å²) in [5, 5.41) is 20.6. The fourth-order valence-corrected chi connectivity index (χ4v) is 6.96. The van der Waals surface area contributed by atoms with Gasteiger partial charge in [0.2, 0.25) is 5.91 Å². The third-order valence-electron chi connectivity index (χ3n) is 9.24. The number of alkyl halides is 5. The molecule has 0 bridgehead atoms. The van der Waals surface area contributed by atoms with Crippen LogP contribution in [0.4, 0.5) is 36.6 Å². The van der Waals surface area contributed by atoms with Gasteiger partial charge in [-0.1, -0.05) is 23.2 Å². The largest absolute Gasteiger partial charge is 0.435 e. The standard InChI is InChI=1S/C36H29F7N6O3/c1-34(2,51)11-10-20-6-7-21(22-4-3-5-24-30(22)52-48-33(24)44)29(45-20)26(14-17-12-18(37)15-19(38)13-17)46-27(50)16-49-32-28(31(47-49)36(41,42)43)23-8-9-25(23)35(32,39)40/h3-7,12-13,15,23,25-26,51H,8-9,14,16H2,1-2H3,(H2,44,48)(H,46,50)/t23-,25+,26-/m0/s1. The third kappa shape index (κ3) is 6.33. The Labute approximate surface area is 291 Å². The number of hydrogen-bond acceptors (Lipinski definition) is 7. The Morgan fingerprint density at radius 1 is 1.12 bits per heavy atom. The minimum Gasteiger partial charge on any atom is -0.380 e. The van der Waals surface area contributed by atoms with Crippen molar-refractivity contribution in [1.29, 1.82) is 0 Å². The number of para-hydroxylation sites is 1. The van der Waals surface area contributed by atoms with Crippen LogP contribution < -0.4 is 11.1 Å². The summed E-state index contributed by atoms with van der Waals surface area (Å²) in [6.45, 7) is 1.84. The minimum atomic E-state index is -5.05. The topological polar surface area (TPSA) is 132 Å². The first-order valence-electron chi connectivity index (χ1n) is 16.1. The number of nitrogens with one attached hydrogen (secondary N) is 1. The van der Waals surface area contributed by atoms with Crippen molar-refractivity contribution in [3.8, 4) is 23.0 Å². The lowest BCUT2D eigenvalue weighted by Crippen LogP contribution is -2.36. The van der Waals surface area contributed by atoms with Gasteiger partial charge in [0.25, 0.3) is 5.92 Å². The number of aromatic nitrogens is 4. The van der Waals surface area contributed by atoms with Gasteiger partial charge in [0.05, 0.1) is 17.1 Å². The molecule has 3 atom stereocenters. The fourth-order valence-electron chi connectivity index (χ4n) is 6.96. The maximum atomic E-state index is 15.5. The van der Waals surface area contributed by atoms with Crippen LogP contribution in [0.5, 0.6) is 0 Å². The highest BCUT2D eigenvalue weighted by Crippen LogP contribution is 2.64. The molecule has 2 aliphatic rings. The summed E-state index contributed by atoms with van der Waals surface area (Å²) >= 11 is 0. The molecular formula is C36H29F7N6O3. The van der Waals surface area contributed by atoms with E-state index in [1.54, 1.807) is 24.3 Å². The van der Waals surface area contributed by atoms with Gasteiger partial charge in [-0.3, -0.25) is 9.48 Å². The van der Waals surface area contributed by atoms with Crippen LogP contribution in [0.3, 0.4) is 0 Å². The summed E-state index contributed by atoms with van der Waals surface area (Å²) in [6, 6.07) is 9.40. The second kappa shape index (κ2) is 12.4. The van der Waals surface area contributed by atoms with Gasteiger partial charge in [-0.15, -0.1) is 0 Å². The van der Waals surface area contributed by atoms with Crippen LogP contribution in [0.2, 0.25) is 0 Å². The van der Waals surface area contributed by atoms with Crippen LogP contribution in [-0.2, 0) is 29.9 Å². The second-order valence-corrected chi connectivity index (χ2v) is 13.5. The van der Waals surface area contributed by atoms with E-state index in [0.717, 1.165) is 12.1 Å². The normalized spacial score (nSPS) is 18.3. The summed E-state index contributed by atoms with van der Waals surface area (Å²) < 4.78 is 108. The second-order valence-electron chi connectivity index (χ2n) is 13.5. The van der Waals surface area contributed by atoms with Gasteiger partial charge in [0.1, 0.15) is 35.2 Å². The molecule has 0 aliphatic heterocycles. The number of benzene rings is 2. The van der Waals surface area contributed by atoms with Gasteiger partial charge in [-0.2, -0.15) is 27.1 Å². The molecule has 2 aromatic carbocycles. The molecule has 16 heteroatoms. The van der Waals surface area contributed by atoms with Gasteiger partial charge < -0.3 is 20.7 Å². The van der Waals surface area contributed by atoms with E-state index in [1.165, 1.54) is 19.9 Å². The zero-order chi connectivity index (χ0) is 37.3. The molecule has 1 fully saturated rings. The first kappa shape index (κ1) is 35.0. The number of nitrogens with zero attached hydrogens (tertiary/aromatic N) is 4. The molecule has 3 aromatic heterocycles. The average molecular weight is 727 g/mol. The number of aliphatic hydroxyl groups is 1. The third-order valence-corrected chi connectivity index (χ3v) is 9.24. The highest BCUT2D eigenvalue weighted by Gasteiger charge is 2.63. The summed E-state index contributed by atoms with van der Waals surface area (Å²) in [5.74, 6) is -3.48. The number of nitrogen functional groups attached to an aromatic ring is 1. The number of anilines is 1. The number of carbonyl (C=O) groups excluding carboxylic acids is 1. The van der Waals surface area contributed by atoms with Crippen LogP contribution in [0, 0.1) is 29.4 Å². The van der Waals surface area contributed by atoms with Gasteiger partial charge in [-0.05, 0) is 80.8 Å². The zero-order valence-corrected chi connectivity index (χ0v) is 27.5. The monoisotopic (exact) mass is 726 g/mol.